The Labute approximate surface area is 120 Å². The van der Waals surface area contributed by atoms with Crippen LogP contribution in [0, 0.1) is 15.9 Å². The summed E-state index contributed by atoms with van der Waals surface area (Å²) in [5.74, 6) is -1.34. The Bertz CT molecular complexity index is 659. The van der Waals surface area contributed by atoms with Crippen LogP contribution in [0.4, 0.5) is 10.1 Å². The summed E-state index contributed by atoms with van der Waals surface area (Å²) in [6, 6.07) is 12.3. The third-order valence-electron chi connectivity index (χ3n) is 2.94. The zero-order valence-corrected chi connectivity index (χ0v) is 11.1. The smallest absolute Gasteiger partial charge is 0.282 e. The molecule has 0 bridgehead atoms. The van der Waals surface area contributed by atoms with E-state index in [1.54, 1.807) is 0 Å². The van der Waals surface area contributed by atoms with Crippen LogP contribution in [0.1, 0.15) is 15.9 Å². The fourth-order valence-corrected chi connectivity index (χ4v) is 1.91. The lowest BCUT2D eigenvalue weighted by Gasteiger charge is -2.06. The number of nitro benzene ring substituents is 1. The normalized spacial score (nSPS) is 10.1. The first-order valence-corrected chi connectivity index (χ1v) is 6.34. The molecule has 0 saturated carbocycles. The van der Waals surface area contributed by atoms with Crippen LogP contribution in [-0.4, -0.2) is 17.4 Å². The number of hydrogen-bond acceptors (Lipinski definition) is 3. The highest BCUT2D eigenvalue weighted by Crippen LogP contribution is 2.19. The van der Waals surface area contributed by atoms with Gasteiger partial charge in [0, 0.05) is 12.6 Å². The Balaban J connectivity index is 2.03. The number of hydrogen-bond donors (Lipinski definition) is 1. The van der Waals surface area contributed by atoms with Crippen molar-refractivity contribution < 1.29 is 14.1 Å². The molecule has 0 spiro atoms. The third-order valence-corrected chi connectivity index (χ3v) is 2.94. The second kappa shape index (κ2) is 6.60. The molecule has 5 nitrogen and oxygen atoms in total. The number of halogens is 1. The molecule has 0 aliphatic carbocycles. The summed E-state index contributed by atoms with van der Waals surface area (Å²) < 4.78 is 13.2. The van der Waals surface area contributed by atoms with Gasteiger partial charge in [0.05, 0.1) is 4.92 Å². The average molecular weight is 288 g/mol. The number of nitrogens with zero attached hydrogens (tertiary/aromatic N) is 1. The molecule has 0 fully saturated rings. The molecule has 6 heteroatoms. The quantitative estimate of drug-likeness (QED) is 0.679. The predicted molar refractivity (Wildman–Crippen MR) is 75.5 cm³/mol. The van der Waals surface area contributed by atoms with Crippen molar-refractivity contribution in [2.24, 2.45) is 0 Å². The number of carbonyl (C=O) groups is 1. The number of nitrogens with one attached hydrogen (secondary N) is 1. The van der Waals surface area contributed by atoms with E-state index in [9.17, 15) is 19.3 Å². The summed E-state index contributed by atoms with van der Waals surface area (Å²) in [5.41, 5.74) is 0.355. The Morgan fingerprint density at radius 2 is 1.90 bits per heavy atom. The van der Waals surface area contributed by atoms with E-state index in [4.69, 9.17) is 0 Å². The van der Waals surface area contributed by atoms with E-state index in [1.165, 1.54) is 0 Å². The van der Waals surface area contributed by atoms with Crippen LogP contribution in [0.5, 0.6) is 0 Å². The van der Waals surface area contributed by atoms with Gasteiger partial charge in [0.15, 0.2) is 0 Å². The summed E-state index contributed by atoms with van der Waals surface area (Å²) in [4.78, 5) is 22.1. The summed E-state index contributed by atoms with van der Waals surface area (Å²) >= 11 is 0. The van der Waals surface area contributed by atoms with Gasteiger partial charge in [0.25, 0.3) is 11.6 Å². The highest BCUT2D eigenvalue weighted by atomic mass is 19.1. The average Bonchev–Trinajstić information content (AvgIpc) is 2.47. The molecule has 2 rings (SSSR count). The molecule has 2 aromatic carbocycles. The standard InChI is InChI=1S/C15H13FN2O3/c16-12-6-7-14(18(20)21)13(10-12)15(19)17-9-8-11-4-2-1-3-5-11/h1-7,10H,8-9H2,(H,17,19). The first kappa shape index (κ1) is 14.6. The van der Waals surface area contributed by atoms with Crippen molar-refractivity contribution in [1.82, 2.24) is 5.32 Å². The maximum absolute atomic E-state index is 13.2. The van der Waals surface area contributed by atoms with Crippen LogP contribution in [0.2, 0.25) is 0 Å². The monoisotopic (exact) mass is 288 g/mol. The fraction of sp³-hybridized carbons (Fsp3) is 0.133. The Hall–Kier alpha value is -2.76. The number of amides is 1. The van der Waals surface area contributed by atoms with Crippen LogP contribution in [0.3, 0.4) is 0 Å². The van der Waals surface area contributed by atoms with Crippen molar-refractivity contribution in [2.45, 2.75) is 6.42 Å². The van der Waals surface area contributed by atoms with Crippen LogP contribution in [-0.2, 0) is 6.42 Å². The summed E-state index contributed by atoms with van der Waals surface area (Å²) in [5, 5.41) is 13.4. The van der Waals surface area contributed by atoms with E-state index < -0.39 is 22.3 Å². The SMILES string of the molecule is O=C(NCCc1ccccc1)c1cc(F)ccc1[N+](=O)[O-]. The van der Waals surface area contributed by atoms with E-state index in [1.807, 2.05) is 30.3 Å². The van der Waals surface area contributed by atoms with Crippen LogP contribution in [0.15, 0.2) is 48.5 Å². The van der Waals surface area contributed by atoms with Gasteiger partial charge in [-0.05, 0) is 24.1 Å². The number of rotatable bonds is 5. The topological polar surface area (TPSA) is 72.2 Å². The number of nitro groups is 1. The largest absolute Gasteiger partial charge is 0.351 e. The lowest BCUT2D eigenvalue weighted by atomic mass is 10.1. The molecule has 0 unspecified atom stereocenters. The molecule has 0 radical (unpaired) electrons. The van der Waals surface area contributed by atoms with Gasteiger partial charge in [-0.2, -0.15) is 0 Å². The summed E-state index contributed by atoms with van der Waals surface area (Å²) in [6.07, 6.45) is 0.593. The lowest BCUT2D eigenvalue weighted by molar-refractivity contribution is -0.385. The van der Waals surface area contributed by atoms with Crippen molar-refractivity contribution in [3.05, 3.63) is 75.6 Å². The molecule has 21 heavy (non-hydrogen) atoms. The third kappa shape index (κ3) is 3.85. The Morgan fingerprint density at radius 1 is 1.19 bits per heavy atom. The Kier molecular flexibility index (Phi) is 4.61. The van der Waals surface area contributed by atoms with Crippen LogP contribution < -0.4 is 5.32 Å². The van der Waals surface area contributed by atoms with E-state index in [-0.39, 0.29) is 5.56 Å². The van der Waals surface area contributed by atoms with Crippen LogP contribution in [0.25, 0.3) is 0 Å². The summed E-state index contributed by atoms with van der Waals surface area (Å²) in [6.45, 7) is 0.316. The lowest BCUT2D eigenvalue weighted by Crippen LogP contribution is -2.26. The molecule has 0 saturated heterocycles. The van der Waals surface area contributed by atoms with E-state index in [0.717, 1.165) is 23.8 Å². The molecule has 0 heterocycles. The van der Waals surface area contributed by atoms with Gasteiger partial charge in [-0.25, -0.2) is 4.39 Å². The molecular formula is C15H13FN2O3. The second-order valence-electron chi connectivity index (χ2n) is 4.41. The molecule has 1 N–H and O–H groups in total. The zero-order valence-electron chi connectivity index (χ0n) is 11.1. The fourth-order valence-electron chi connectivity index (χ4n) is 1.91. The molecule has 0 atom stereocenters. The highest BCUT2D eigenvalue weighted by Gasteiger charge is 2.20. The zero-order chi connectivity index (χ0) is 15.2. The van der Waals surface area contributed by atoms with Gasteiger partial charge in [0.1, 0.15) is 11.4 Å². The summed E-state index contributed by atoms with van der Waals surface area (Å²) in [7, 11) is 0. The van der Waals surface area contributed by atoms with Gasteiger partial charge in [-0.1, -0.05) is 30.3 Å². The van der Waals surface area contributed by atoms with Crippen molar-refractivity contribution in [1.29, 1.82) is 0 Å². The first-order valence-electron chi connectivity index (χ1n) is 6.34. The molecule has 0 aliphatic rings. The molecular weight excluding hydrogens is 275 g/mol. The highest BCUT2D eigenvalue weighted by molar-refractivity contribution is 5.98. The molecule has 0 aromatic heterocycles. The molecule has 108 valence electrons. The first-order chi connectivity index (χ1) is 10.1. The van der Waals surface area contributed by atoms with Gasteiger partial charge in [0.2, 0.25) is 0 Å². The number of carbonyl (C=O) groups excluding carboxylic acids is 1. The minimum atomic E-state index is -0.703. The maximum Gasteiger partial charge on any atom is 0.282 e. The second-order valence-corrected chi connectivity index (χ2v) is 4.41. The van der Waals surface area contributed by atoms with E-state index in [0.29, 0.717) is 13.0 Å². The molecule has 0 aliphatic heterocycles. The minimum Gasteiger partial charge on any atom is -0.351 e. The van der Waals surface area contributed by atoms with Crippen molar-refractivity contribution in [2.75, 3.05) is 6.54 Å². The van der Waals surface area contributed by atoms with Crippen molar-refractivity contribution in [3.63, 3.8) is 0 Å². The van der Waals surface area contributed by atoms with E-state index >= 15 is 0 Å². The van der Waals surface area contributed by atoms with Gasteiger partial charge in [-0.15, -0.1) is 0 Å². The maximum atomic E-state index is 13.2. The predicted octanol–water partition coefficient (Wildman–Crippen LogP) is 2.71. The minimum absolute atomic E-state index is 0.270. The van der Waals surface area contributed by atoms with Crippen molar-refractivity contribution in [3.8, 4) is 0 Å². The van der Waals surface area contributed by atoms with Crippen LogP contribution >= 0.6 is 0 Å². The van der Waals surface area contributed by atoms with E-state index in [2.05, 4.69) is 5.32 Å². The van der Waals surface area contributed by atoms with Gasteiger partial charge in [-0.3, -0.25) is 14.9 Å². The molecule has 2 aromatic rings. The molecule has 1 amide bonds. The number of benzene rings is 2. The van der Waals surface area contributed by atoms with Crippen molar-refractivity contribution >= 4 is 11.6 Å². The Morgan fingerprint density at radius 3 is 2.57 bits per heavy atom. The van der Waals surface area contributed by atoms with Gasteiger partial charge < -0.3 is 5.32 Å². The van der Waals surface area contributed by atoms with Gasteiger partial charge >= 0.3 is 0 Å².